The second kappa shape index (κ2) is 7.54. The van der Waals surface area contributed by atoms with Crippen LogP contribution in [-0.4, -0.2) is 39.5 Å². The molecule has 0 radical (unpaired) electrons. The monoisotopic (exact) mass is 417 g/mol. The van der Waals surface area contributed by atoms with Crippen molar-refractivity contribution in [1.82, 2.24) is 14.8 Å². The maximum absolute atomic E-state index is 12.4. The van der Waals surface area contributed by atoms with Crippen LogP contribution in [0.3, 0.4) is 0 Å². The van der Waals surface area contributed by atoms with Gasteiger partial charge in [0.2, 0.25) is 0 Å². The highest BCUT2D eigenvalue weighted by Gasteiger charge is 2.23. The van der Waals surface area contributed by atoms with Gasteiger partial charge in [-0.1, -0.05) is 0 Å². The van der Waals surface area contributed by atoms with Crippen molar-refractivity contribution in [3.05, 3.63) is 59.9 Å². The van der Waals surface area contributed by atoms with Crippen molar-refractivity contribution < 1.29 is 14.3 Å². The lowest BCUT2D eigenvalue weighted by atomic mass is 9.96. The first-order valence-electron chi connectivity index (χ1n) is 10.8. The van der Waals surface area contributed by atoms with Gasteiger partial charge in [-0.15, -0.1) is 0 Å². The SMILES string of the molecule is CC(C)(C)OC(=O)c1ccc(-n2c(C3CCOCC3)cc3cc4cn[nH]c4cc32)cc1. The van der Waals surface area contributed by atoms with Crippen LogP contribution >= 0.6 is 0 Å². The van der Waals surface area contributed by atoms with Crippen molar-refractivity contribution in [2.24, 2.45) is 0 Å². The summed E-state index contributed by atoms with van der Waals surface area (Å²) in [5.41, 5.74) is 4.49. The molecule has 4 aromatic rings. The van der Waals surface area contributed by atoms with Crippen molar-refractivity contribution in [1.29, 1.82) is 0 Å². The van der Waals surface area contributed by atoms with Crippen LogP contribution in [0.1, 0.15) is 55.6 Å². The molecule has 3 heterocycles. The Balaban J connectivity index is 1.60. The zero-order chi connectivity index (χ0) is 21.6. The second-order valence-corrected chi connectivity index (χ2v) is 9.21. The summed E-state index contributed by atoms with van der Waals surface area (Å²) >= 11 is 0. The fourth-order valence-electron chi connectivity index (χ4n) is 4.34. The Bertz CT molecular complexity index is 1240. The minimum atomic E-state index is -0.516. The highest BCUT2D eigenvalue weighted by atomic mass is 16.6. The van der Waals surface area contributed by atoms with Gasteiger partial charge < -0.3 is 14.0 Å². The molecule has 1 fully saturated rings. The fourth-order valence-corrected chi connectivity index (χ4v) is 4.34. The van der Waals surface area contributed by atoms with Gasteiger partial charge in [0.15, 0.2) is 0 Å². The van der Waals surface area contributed by atoms with Gasteiger partial charge in [-0.05, 0) is 76.1 Å². The van der Waals surface area contributed by atoms with E-state index in [1.165, 1.54) is 11.1 Å². The number of hydrogen-bond donors (Lipinski definition) is 1. The van der Waals surface area contributed by atoms with Crippen LogP contribution in [-0.2, 0) is 9.47 Å². The van der Waals surface area contributed by atoms with E-state index in [1.807, 2.05) is 51.2 Å². The molecule has 1 aliphatic rings. The summed E-state index contributed by atoms with van der Waals surface area (Å²) < 4.78 is 13.4. The Morgan fingerprint density at radius 3 is 2.55 bits per heavy atom. The average Bonchev–Trinajstić information content (AvgIpc) is 3.35. The number of aromatic amines is 1. The normalized spacial score (nSPS) is 15.6. The first-order chi connectivity index (χ1) is 14.9. The number of nitrogens with zero attached hydrogens (tertiary/aromatic N) is 2. The van der Waals surface area contributed by atoms with E-state index in [1.54, 1.807) is 0 Å². The van der Waals surface area contributed by atoms with Gasteiger partial charge >= 0.3 is 5.97 Å². The molecule has 0 unspecified atom stereocenters. The van der Waals surface area contributed by atoms with Crippen LogP contribution in [0.25, 0.3) is 27.5 Å². The summed E-state index contributed by atoms with van der Waals surface area (Å²) in [6, 6.07) is 14.3. The zero-order valence-corrected chi connectivity index (χ0v) is 18.1. The Morgan fingerprint density at radius 2 is 1.84 bits per heavy atom. The summed E-state index contributed by atoms with van der Waals surface area (Å²) in [5.74, 6) is 0.128. The average molecular weight is 418 g/mol. The number of aromatic nitrogens is 3. The van der Waals surface area contributed by atoms with E-state index in [0.717, 1.165) is 48.2 Å². The van der Waals surface area contributed by atoms with Gasteiger partial charge in [-0.25, -0.2) is 4.79 Å². The van der Waals surface area contributed by atoms with Gasteiger partial charge in [0.05, 0.1) is 22.8 Å². The molecule has 6 nitrogen and oxygen atoms in total. The summed E-state index contributed by atoms with van der Waals surface area (Å²) in [7, 11) is 0. The molecule has 1 N–H and O–H groups in total. The topological polar surface area (TPSA) is 69.1 Å². The third kappa shape index (κ3) is 3.83. The largest absolute Gasteiger partial charge is 0.456 e. The molecule has 1 aliphatic heterocycles. The summed E-state index contributed by atoms with van der Waals surface area (Å²) in [5, 5.41) is 9.54. The fraction of sp³-hybridized carbons (Fsp3) is 0.360. The van der Waals surface area contributed by atoms with Crippen LogP contribution in [0.15, 0.2) is 48.7 Å². The van der Waals surface area contributed by atoms with E-state index in [-0.39, 0.29) is 5.97 Å². The van der Waals surface area contributed by atoms with Crippen molar-refractivity contribution in [3.63, 3.8) is 0 Å². The molecule has 1 saturated heterocycles. The predicted molar refractivity (Wildman–Crippen MR) is 121 cm³/mol. The number of benzene rings is 2. The van der Waals surface area contributed by atoms with Crippen molar-refractivity contribution in [3.8, 4) is 5.69 Å². The third-order valence-electron chi connectivity index (χ3n) is 5.79. The van der Waals surface area contributed by atoms with Gasteiger partial charge in [-0.2, -0.15) is 5.10 Å². The maximum atomic E-state index is 12.4. The number of nitrogens with one attached hydrogen (secondary N) is 1. The number of H-pyrrole nitrogens is 1. The molecule has 6 heteroatoms. The van der Waals surface area contributed by atoms with E-state index in [0.29, 0.717) is 11.5 Å². The summed E-state index contributed by atoms with van der Waals surface area (Å²) in [6.45, 7) is 7.20. The molecule has 160 valence electrons. The minimum Gasteiger partial charge on any atom is -0.456 e. The molecule has 0 saturated carbocycles. The Morgan fingerprint density at radius 1 is 1.10 bits per heavy atom. The van der Waals surface area contributed by atoms with Crippen LogP contribution in [0.2, 0.25) is 0 Å². The smallest absolute Gasteiger partial charge is 0.338 e. The lowest BCUT2D eigenvalue weighted by Gasteiger charge is -2.24. The van der Waals surface area contributed by atoms with Crippen molar-refractivity contribution in [2.75, 3.05) is 13.2 Å². The second-order valence-electron chi connectivity index (χ2n) is 9.21. The van der Waals surface area contributed by atoms with Gasteiger partial charge in [-0.3, -0.25) is 5.10 Å². The summed E-state index contributed by atoms with van der Waals surface area (Å²) in [4.78, 5) is 12.4. The standard InChI is InChI=1S/C25H27N3O3/c1-25(2,3)31-24(29)17-4-6-20(7-5-17)28-22(16-8-10-30-11-9-16)13-18-12-19-15-26-27-21(19)14-23(18)28/h4-7,12-16H,8-11H2,1-3H3,(H,26,27). The predicted octanol–water partition coefficient (Wildman–Crippen LogP) is 5.36. The Labute approximate surface area is 181 Å². The maximum Gasteiger partial charge on any atom is 0.338 e. The van der Waals surface area contributed by atoms with Crippen LogP contribution < -0.4 is 0 Å². The number of rotatable bonds is 3. The molecule has 0 spiro atoms. The molecular weight excluding hydrogens is 390 g/mol. The lowest BCUT2D eigenvalue weighted by Crippen LogP contribution is -2.23. The van der Waals surface area contributed by atoms with E-state index in [2.05, 4.69) is 33.0 Å². The van der Waals surface area contributed by atoms with Crippen LogP contribution in [0.4, 0.5) is 0 Å². The van der Waals surface area contributed by atoms with Gasteiger partial charge in [0.25, 0.3) is 0 Å². The minimum absolute atomic E-state index is 0.305. The Hall–Kier alpha value is -3.12. The molecule has 2 aromatic carbocycles. The molecule has 0 bridgehead atoms. The quantitative estimate of drug-likeness (QED) is 0.456. The molecule has 5 rings (SSSR count). The molecule has 0 amide bonds. The zero-order valence-electron chi connectivity index (χ0n) is 18.1. The van der Waals surface area contributed by atoms with Crippen molar-refractivity contribution >= 4 is 27.8 Å². The van der Waals surface area contributed by atoms with E-state index in [9.17, 15) is 4.79 Å². The van der Waals surface area contributed by atoms with Crippen LogP contribution in [0, 0.1) is 0 Å². The number of ether oxygens (including phenoxy) is 2. The van der Waals surface area contributed by atoms with E-state index < -0.39 is 5.60 Å². The third-order valence-corrected chi connectivity index (χ3v) is 5.79. The van der Waals surface area contributed by atoms with Crippen molar-refractivity contribution in [2.45, 2.75) is 45.1 Å². The number of fused-ring (bicyclic) bond motifs is 2. The molecule has 0 aliphatic carbocycles. The number of carbonyl (C=O) groups is 1. The number of hydrogen-bond acceptors (Lipinski definition) is 4. The van der Waals surface area contributed by atoms with E-state index >= 15 is 0 Å². The lowest BCUT2D eigenvalue weighted by molar-refractivity contribution is 0.00695. The highest BCUT2D eigenvalue weighted by molar-refractivity contribution is 5.96. The molecule has 31 heavy (non-hydrogen) atoms. The number of esters is 1. The molecular formula is C25H27N3O3. The first kappa shape index (κ1) is 19.8. The number of carbonyl (C=O) groups excluding carboxylic acids is 1. The van der Waals surface area contributed by atoms with E-state index in [4.69, 9.17) is 9.47 Å². The van der Waals surface area contributed by atoms with Gasteiger partial charge in [0.1, 0.15) is 5.60 Å². The molecule has 2 aromatic heterocycles. The van der Waals surface area contributed by atoms with Crippen LogP contribution in [0.5, 0.6) is 0 Å². The highest BCUT2D eigenvalue weighted by Crippen LogP contribution is 2.35. The molecule has 0 atom stereocenters. The van der Waals surface area contributed by atoms with Gasteiger partial charge in [0, 0.05) is 41.3 Å². The summed E-state index contributed by atoms with van der Waals surface area (Å²) in [6.07, 6.45) is 3.87. The Kier molecular flexibility index (Phi) is 4.82. The first-order valence-corrected chi connectivity index (χ1v) is 10.8.